The number of carboxylic acids is 1. The lowest BCUT2D eigenvalue weighted by Gasteiger charge is -2.25. The Hall–Kier alpha value is -5.14. The Morgan fingerprint density at radius 2 is 1.74 bits per heavy atom. The first-order valence-electron chi connectivity index (χ1n) is 12.1. The highest BCUT2D eigenvalue weighted by molar-refractivity contribution is 6.05. The predicted molar refractivity (Wildman–Crippen MR) is 135 cm³/mol. The number of carbonyl (C=O) groups is 5. The Morgan fingerprint density at radius 3 is 2.46 bits per heavy atom. The molecule has 0 fully saturated rings. The fourth-order valence-corrected chi connectivity index (χ4v) is 4.19. The Kier molecular flexibility index (Phi) is 8.56. The molecular formula is C25H26N8O6. The second-order valence-corrected chi connectivity index (χ2v) is 8.68. The third kappa shape index (κ3) is 6.80. The number of carbonyl (C=O) groups excluding carboxylic acids is 4. The smallest absolute Gasteiger partial charge is 0.303 e. The van der Waals surface area contributed by atoms with E-state index >= 15 is 0 Å². The van der Waals surface area contributed by atoms with E-state index in [0.717, 1.165) is 5.56 Å². The van der Waals surface area contributed by atoms with Crippen molar-refractivity contribution in [1.29, 1.82) is 0 Å². The summed E-state index contributed by atoms with van der Waals surface area (Å²) in [4.78, 5) is 63.9. The van der Waals surface area contributed by atoms with Crippen LogP contribution in [0, 0.1) is 0 Å². The van der Waals surface area contributed by atoms with Crippen molar-refractivity contribution in [3.63, 3.8) is 0 Å². The molecule has 39 heavy (non-hydrogen) atoms. The summed E-state index contributed by atoms with van der Waals surface area (Å²) in [5.41, 5.74) is 1.80. The van der Waals surface area contributed by atoms with Crippen molar-refractivity contribution in [3.05, 3.63) is 71.5 Å². The number of hydrogen-bond donors (Lipinski definition) is 5. The topological polar surface area (TPSA) is 199 Å². The minimum Gasteiger partial charge on any atom is -0.481 e. The van der Waals surface area contributed by atoms with Crippen LogP contribution in [0.3, 0.4) is 0 Å². The molecule has 14 nitrogen and oxygen atoms in total. The number of fused-ring (bicyclic) bond motifs is 1. The van der Waals surface area contributed by atoms with E-state index in [1.165, 1.54) is 4.90 Å². The Bertz CT molecular complexity index is 1350. The minimum atomic E-state index is -1.15. The second kappa shape index (κ2) is 12.4. The average molecular weight is 535 g/mol. The zero-order valence-electron chi connectivity index (χ0n) is 20.7. The van der Waals surface area contributed by atoms with Crippen molar-refractivity contribution < 1.29 is 29.1 Å². The molecule has 4 rings (SSSR count). The zero-order chi connectivity index (χ0) is 27.8. The summed E-state index contributed by atoms with van der Waals surface area (Å²) in [6.07, 6.45) is -0.422. The maximum Gasteiger partial charge on any atom is 0.303 e. The highest BCUT2D eigenvalue weighted by Gasteiger charge is 2.38. The Balaban J connectivity index is 1.45. The number of anilines is 1. The maximum absolute atomic E-state index is 13.4. The van der Waals surface area contributed by atoms with Gasteiger partial charge < -0.3 is 21.1 Å². The quantitative estimate of drug-likeness (QED) is 0.217. The van der Waals surface area contributed by atoms with Crippen LogP contribution >= 0.6 is 0 Å². The van der Waals surface area contributed by atoms with Gasteiger partial charge in [0.15, 0.2) is 5.82 Å². The summed E-state index contributed by atoms with van der Waals surface area (Å²) in [7, 11) is 0. The molecule has 2 atom stereocenters. The van der Waals surface area contributed by atoms with E-state index in [-0.39, 0.29) is 25.2 Å². The molecule has 202 valence electrons. The van der Waals surface area contributed by atoms with Gasteiger partial charge in [-0.05, 0) is 17.2 Å². The van der Waals surface area contributed by atoms with E-state index in [4.69, 9.17) is 5.11 Å². The van der Waals surface area contributed by atoms with Crippen molar-refractivity contribution in [3.8, 4) is 0 Å². The number of para-hydroxylation sites is 1. The molecule has 2 heterocycles. The number of rotatable bonds is 11. The number of hydrogen-bond acceptors (Lipinski definition) is 8. The average Bonchev–Trinajstić information content (AvgIpc) is 3.60. The van der Waals surface area contributed by atoms with Crippen LogP contribution in [0.25, 0.3) is 0 Å². The molecule has 0 spiro atoms. The van der Waals surface area contributed by atoms with Gasteiger partial charge >= 0.3 is 5.97 Å². The monoisotopic (exact) mass is 534 g/mol. The van der Waals surface area contributed by atoms with Crippen LogP contribution in [0.15, 0.2) is 54.6 Å². The van der Waals surface area contributed by atoms with Crippen molar-refractivity contribution in [2.24, 2.45) is 0 Å². The molecule has 1 aliphatic heterocycles. The van der Waals surface area contributed by atoms with Gasteiger partial charge in [0, 0.05) is 18.5 Å². The number of nitrogens with one attached hydrogen (secondary N) is 4. The number of aliphatic carboxylic acids is 1. The molecule has 0 saturated heterocycles. The number of benzene rings is 2. The first-order chi connectivity index (χ1) is 18.8. The molecule has 1 aliphatic rings. The maximum atomic E-state index is 13.4. The highest BCUT2D eigenvalue weighted by atomic mass is 16.4. The third-order valence-corrected chi connectivity index (χ3v) is 6.04. The van der Waals surface area contributed by atoms with Gasteiger partial charge in [0.1, 0.15) is 12.1 Å². The summed E-state index contributed by atoms with van der Waals surface area (Å²) in [6.45, 7) is -0.433. The van der Waals surface area contributed by atoms with Crippen LogP contribution in [0.2, 0.25) is 0 Å². The van der Waals surface area contributed by atoms with Crippen LogP contribution < -0.4 is 20.9 Å². The fourth-order valence-electron chi connectivity index (χ4n) is 4.19. The minimum absolute atomic E-state index is 0.0152. The fraction of sp³-hybridized carbons (Fsp3) is 0.280. The first-order valence-corrected chi connectivity index (χ1v) is 12.1. The number of H-pyrrole nitrogens is 1. The molecule has 1 unspecified atom stereocenters. The summed E-state index contributed by atoms with van der Waals surface area (Å²) in [6, 6.07) is 13.4. The molecule has 5 N–H and O–H groups in total. The van der Waals surface area contributed by atoms with Crippen molar-refractivity contribution in [2.75, 3.05) is 11.4 Å². The van der Waals surface area contributed by atoms with E-state index < -0.39 is 54.6 Å². The number of carboxylic acid groups (broad SMARTS) is 1. The summed E-state index contributed by atoms with van der Waals surface area (Å²) < 4.78 is 0. The van der Waals surface area contributed by atoms with Gasteiger partial charge in [-0.2, -0.15) is 5.21 Å². The molecule has 3 aromatic rings. The van der Waals surface area contributed by atoms with Gasteiger partial charge in [-0.1, -0.05) is 53.7 Å². The summed E-state index contributed by atoms with van der Waals surface area (Å²) in [5.74, 6) is -3.11. The van der Waals surface area contributed by atoms with Crippen molar-refractivity contribution in [2.45, 2.75) is 37.9 Å². The van der Waals surface area contributed by atoms with E-state index in [0.29, 0.717) is 11.3 Å². The Morgan fingerprint density at radius 1 is 1.00 bits per heavy atom. The SMILES string of the molecule is O=C(O)CCC(=O)NC(C(=O)NCC(=O)N1c2ccccc2C[C@H]1C(=O)NCc1nn[nH]n1)c1ccccc1. The largest absolute Gasteiger partial charge is 0.481 e. The van der Waals surface area contributed by atoms with Crippen molar-refractivity contribution >= 4 is 35.3 Å². The van der Waals surface area contributed by atoms with E-state index in [9.17, 15) is 24.0 Å². The number of tetrazole rings is 1. The number of aromatic nitrogens is 4. The van der Waals surface area contributed by atoms with Crippen LogP contribution in [-0.2, 0) is 36.9 Å². The number of amides is 4. The lowest BCUT2D eigenvalue weighted by molar-refractivity contribution is -0.139. The van der Waals surface area contributed by atoms with E-state index in [1.807, 2.05) is 6.07 Å². The molecule has 0 saturated carbocycles. The van der Waals surface area contributed by atoms with E-state index in [2.05, 4.69) is 36.6 Å². The number of aromatic amines is 1. The van der Waals surface area contributed by atoms with Gasteiger partial charge in [0.25, 0.3) is 0 Å². The predicted octanol–water partition coefficient (Wildman–Crippen LogP) is -0.388. The molecular weight excluding hydrogens is 508 g/mol. The van der Waals surface area contributed by atoms with Gasteiger partial charge in [-0.25, -0.2) is 0 Å². The molecule has 1 aromatic heterocycles. The summed E-state index contributed by atoms with van der Waals surface area (Å²) >= 11 is 0. The van der Waals surface area contributed by atoms with Crippen LogP contribution in [0.5, 0.6) is 0 Å². The zero-order valence-corrected chi connectivity index (χ0v) is 20.7. The second-order valence-electron chi connectivity index (χ2n) is 8.68. The molecule has 4 amide bonds. The van der Waals surface area contributed by atoms with Gasteiger partial charge in [-0.3, -0.25) is 28.9 Å². The first kappa shape index (κ1) is 26.9. The molecule has 0 radical (unpaired) electrons. The highest BCUT2D eigenvalue weighted by Crippen LogP contribution is 2.32. The molecule has 0 bridgehead atoms. The summed E-state index contributed by atoms with van der Waals surface area (Å²) in [5, 5.41) is 29.9. The van der Waals surface area contributed by atoms with Crippen LogP contribution in [0.1, 0.15) is 35.8 Å². The molecule has 0 aliphatic carbocycles. The Labute approximate surface area is 222 Å². The standard InChI is InChI=1S/C25H26N8O6/c34-20(10-11-22(36)37)28-23(15-6-2-1-3-7-15)25(39)27-14-21(35)33-17-9-5-4-8-16(17)12-18(33)24(38)26-13-19-29-31-32-30-19/h1-9,18,23H,10-14H2,(H,26,38)(H,27,39)(H,28,34)(H,36,37)(H,29,30,31,32)/t18-,23?/m0/s1. The van der Waals surface area contributed by atoms with E-state index in [1.54, 1.807) is 48.5 Å². The normalized spacial score (nSPS) is 14.7. The number of nitrogens with zero attached hydrogens (tertiary/aromatic N) is 4. The van der Waals surface area contributed by atoms with Gasteiger partial charge in [-0.15, -0.1) is 10.2 Å². The molecule has 2 aromatic carbocycles. The third-order valence-electron chi connectivity index (χ3n) is 6.04. The van der Waals surface area contributed by atoms with Gasteiger partial charge in [0.2, 0.25) is 23.6 Å². The lowest BCUT2D eigenvalue weighted by Crippen LogP contribution is -2.51. The van der Waals surface area contributed by atoms with Crippen LogP contribution in [0.4, 0.5) is 5.69 Å². The van der Waals surface area contributed by atoms with Crippen molar-refractivity contribution in [1.82, 2.24) is 36.6 Å². The molecule has 14 heteroatoms. The lowest BCUT2D eigenvalue weighted by atomic mass is 10.1. The van der Waals surface area contributed by atoms with Gasteiger partial charge in [0.05, 0.1) is 19.5 Å². The van der Waals surface area contributed by atoms with Crippen LogP contribution in [-0.4, -0.2) is 67.9 Å².